The third-order valence-corrected chi connectivity index (χ3v) is 4.66. The smallest absolute Gasteiger partial charge is 0.266 e. The first-order chi connectivity index (χ1) is 14.1. The second-order valence-electron chi connectivity index (χ2n) is 6.27. The molecule has 0 fully saturated rings. The number of pyridine rings is 1. The second kappa shape index (κ2) is 7.95. The van der Waals surface area contributed by atoms with E-state index in [-0.39, 0.29) is 12.0 Å². The predicted molar refractivity (Wildman–Crippen MR) is 111 cm³/mol. The molecule has 2 aromatic carbocycles. The van der Waals surface area contributed by atoms with Crippen LogP contribution in [0.5, 0.6) is 0 Å². The van der Waals surface area contributed by atoms with Crippen LogP contribution in [0.4, 0.5) is 4.39 Å². The van der Waals surface area contributed by atoms with E-state index >= 15 is 0 Å². The van der Waals surface area contributed by atoms with Gasteiger partial charge in [0.2, 0.25) is 0 Å². The molecular weight excluding hydrogens is 393 g/mol. The van der Waals surface area contributed by atoms with Gasteiger partial charge in [0.25, 0.3) is 5.56 Å². The molecule has 0 aliphatic heterocycles. The number of halogens is 2. The number of hydrogen-bond donors (Lipinski definition) is 1. The van der Waals surface area contributed by atoms with E-state index in [0.29, 0.717) is 33.4 Å². The van der Waals surface area contributed by atoms with Crippen molar-refractivity contribution in [3.05, 3.63) is 99.1 Å². The molecule has 0 amide bonds. The molecule has 0 spiro atoms. The van der Waals surface area contributed by atoms with Gasteiger partial charge in [-0.2, -0.15) is 0 Å². The van der Waals surface area contributed by atoms with Crippen LogP contribution in [0.3, 0.4) is 0 Å². The van der Waals surface area contributed by atoms with Crippen LogP contribution in [-0.2, 0) is 6.61 Å². The van der Waals surface area contributed by atoms with Gasteiger partial charge in [0.15, 0.2) is 0 Å². The Kier molecular flexibility index (Phi) is 5.20. The van der Waals surface area contributed by atoms with Gasteiger partial charge in [0, 0.05) is 0 Å². The summed E-state index contributed by atoms with van der Waals surface area (Å²) in [7, 11) is 0. The summed E-state index contributed by atoms with van der Waals surface area (Å²) >= 11 is 6.32. The van der Waals surface area contributed by atoms with Gasteiger partial charge in [-0.15, -0.1) is 0 Å². The van der Waals surface area contributed by atoms with E-state index in [0.717, 1.165) is 6.07 Å². The number of fused-ring (bicyclic) bond motifs is 1. The Bertz CT molecular complexity index is 1300. The standard InChI is InChI=1S/C22H15ClFN3O2/c23-18-6-1-2-7-20(18)27-21(11-9-15-4-3-5-16(13-28)25-15)26-19-10-8-14(24)12-17(19)22(27)29/h1-12,28H,13H2. The molecule has 0 saturated carbocycles. The lowest BCUT2D eigenvalue weighted by molar-refractivity contribution is 0.277. The maximum absolute atomic E-state index is 13.7. The zero-order chi connectivity index (χ0) is 20.4. The Balaban J connectivity index is 1.95. The van der Waals surface area contributed by atoms with Gasteiger partial charge in [-0.25, -0.2) is 9.37 Å². The van der Waals surface area contributed by atoms with Crippen LogP contribution >= 0.6 is 11.6 Å². The van der Waals surface area contributed by atoms with E-state index in [1.165, 1.54) is 16.7 Å². The van der Waals surface area contributed by atoms with Crippen LogP contribution < -0.4 is 5.56 Å². The van der Waals surface area contributed by atoms with E-state index in [1.54, 1.807) is 54.6 Å². The number of aliphatic hydroxyl groups excluding tert-OH is 1. The third kappa shape index (κ3) is 3.81. The highest BCUT2D eigenvalue weighted by Gasteiger charge is 2.14. The zero-order valence-corrected chi connectivity index (χ0v) is 15.8. The number of aromatic nitrogens is 3. The van der Waals surface area contributed by atoms with Crippen LogP contribution in [0.15, 0.2) is 65.5 Å². The average Bonchev–Trinajstić information content (AvgIpc) is 2.74. The molecule has 1 N–H and O–H groups in total. The van der Waals surface area contributed by atoms with Crippen LogP contribution in [0.25, 0.3) is 28.7 Å². The fourth-order valence-electron chi connectivity index (χ4n) is 2.99. The van der Waals surface area contributed by atoms with Crippen LogP contribution in [0, 0.1) is 5.82 Å². The monoisotopic (exact) mass is 407 g/mol. The zero-order valence-electron chi connectivity index (χ0n) is 15.1. The molecule has 0 aliphatic rings. The Morgan fingerprint density at radius 3 is 2.66 bits per heavy atom. The Labute approximate surface area is 170 Å². The lowest BCUT2D eigenvalue weighted by Crippen LogP contribution is -2.22. The summed E-state index contributed by atoms with van der Waals surface area (Å²) in [6, 6.07) is 16.0. The average molecular weight is 408 g/mol. The first-order valence-electron chi connectivity index (χ1n) is 8.79. The number of nitrogens with zero attached hydrogens (tertiary/aromatic N) is 3. The van der Waals surface area contributed by atoms with E-state index in [2.05, 4.69) is 9.97 Å². The number of hydrogen-bond acceptors (Lipinski definition) is 4. The minimum absolute atomic E-state index is 0.155. The van der Waals surface area contributed by atoms with Crippen LogP contribution in [0.1, 0.15) is 17.2 Å². The molecule has 0 radical (unpaired) electrons. The van der Waals surface area contributed by atoms with E-state index in [4.69, 9.17) is 11.6 Å². The molecule has 2 heterocycles. The highest BCUT2D eigenvalue weighted by molar-refractivity contribution is 6.32. The van der Waals surface area contributed by atoms with Crippen molar-refractivity contribution in [1.29, 1.82) is 0 Å². The van der Waals surface area contributed by atoms with Crippen molar-refractivity contribution in [3.8, 4) is 5.69 Å². The van der Waals surface area contributed by atoms with Gasteiger partial charge >= 0.3 is 0 Å². The molecule has 144 valence electrons. The molecule has 0 saturated heterocycles. The topological polar surface area (TPSA) is 68.0 Å². The normalized spacial score (nSPS) is 11.4. The molecule has 0 atom stereocenters. The lowest BCUT2D eigenvalue weighted by Gasteiger charge is -2.12. The van der Waals surface area contributed by atoms with Gasteiger partial charge in [-0.05, 0) is 54.6 Å². The van der Waals surface area contributed by atoms with Crippen molar-refractivity contribution >= 4 is 34.7 Å². The molecule has 29 heavy (non-hydrogen) atoms. The van der Waals surface area contributed by atoms with Crippen molar-refractivity contribution < 1.29 is 9.50 Å². The fraction of sp³-hybridized carbons (Fsp3) is 0.0455. The van der Waals surface area contributed by atoms with Crippen LogP contribution in [0.2, 0.25) is 5.02 Å². The number of rotatable bonds is 4. The third-order valence-electron chi connectivity index (χ3n) is 4.34. The van der Waals surface area contributed by atoms with Gasteiger partial charge in [0.1, 0.15) is 11.6 Å². The summed E-state index contributed by atoms with van der Waals surface area (Å²) in [4.78, 5) is 22.0. The maximum Gasteiger partial charge on any atom is 0.266 e. The summed E-state index contributed by atoms with van der Waals surface area (Å²) in [5.41, 5.74) is 1.50. The summed E-state index contributed by atoms with van der Waals surface area (Å²) in [5, 5.41) is 9.78. The molecular formula is C22H15ClFN3O2. The van der Waals surface area contributed by atoms with Crippen molar-refractivity contribution in [2.45, 2.75) is 6.61 Å². The molecule has 4 aromatic rings. The van der Waals surface area contributed by atoms with Crippen molar-refractivity contribution in [3.63, 3.8) is 0 Å². The SMILES string of the molecule is O=c1c2cc(F)ccc2nc(C=Cc2cccc(CO)n2)n1-c1ccccc1Cl. The van der Waals surface area contributed by atoms with Crippen molar-refractivity contribution in [2.24, 2.45) is 0 Å². The first-order valence-corrected chi connectivity index (χ1v) is 9.17. The quantitative estimate of drug-likeness (QED) is 0.549. The van der Waals surface area contributed by atoms with Crippen molar-refractivity contribution in [2.75, 3.05) is 0 Å². The Morgan fingerprint density at radius 1 is 1.03 bits per heavy atom. The van der Waals surface area contributed by atoms with Crippen molar-refractivity contribution in [1.82, 2.24) is 14.5 Å². The van der Waals surface area contributed by atoms with E-state index in [9.17, 15) is 14.3 Å². The second-order valence-corrected chi connectivity index (χ2v) is 6.68. The predicted octanol–water partition coefficient (Wildman–Crippen LogP) is 4.24. The minimum atomic E-state index is -0.518. The number of aliphatic hydroxyl groups is 1. The van der Waals surface area contributed by atoms with Gasteiger partial charge in [-0.1, -0.05) is 29.8 Å². The fourth-order valence-corrected chi connectivity index (χ4v) is 3.21. The summed E-state index contributed by atoms with van der Waals surface area (Å²) in [6.45, 7) is -0.175. The molecule has 0 unspecified atom stereocenters. The first kappa shape index (κ1) is 19.0. The summed E-state index contributed by atoms with van der Waals surface area (Å²) in [5.74, 6) is -0.200. The molecule has 4 rings (SSSR count). The van der Waals surface area contributed by atoms with E-state index < -0.39 is 11.4 Å². The molecule has 0 bridgehead atoms. The Hall–Kier alpha value is -3.35. The number of para-hydroxylation sites is 1. The molecule has 5 nitrogen and oxygen atoms in total. The summed E-state index contributed by atoms with van der Waals surface area (Å²) < 4.78 is 15.1. The van der Waals surface area contributed by atoms with Gasteiger partial charge < -0.3 is 5.11 Å². The lowest BCUT2D eigenvalue weighted by atomic mass is 10.2. The summed E-state index contributed by atoms with van der Waals surface area (Å²) in [6.07, 6.45) is 3.32. The highest BCUT2D eigenvalue weighted by Crippen LogP contribution is 2.22. The van der Waals surface area contributed by atoms with Gasteiger partial charge in [-0.3, -0.25) is 14.3 Å². The number of benzene rings is 2. The highest BCUT2D eigenvalue weighted by atomic mass is 35.5. The molecule has 0 aliphatic carbocycles. The van der Waals surface area contributed by atoms with Gasteiger partial charge in [0.05, 0.1) is 39.6 Å². The van der Waals surface area contributed by atoms with Crippen LogP contribution in [-0.4, -0.2) is 19.6 Å². The maximum atomic E-state index is 13.7. The van der Waals surface area contributed by atoms with E-state index in [1.807, 2.05) is 0 Å². The molecule has 2 aromatic heterocycles. The minimum Gasteiger partial charge on any atom is -0.390 e. The molecule has 7 heteroatoms. The Morgan fingerprint density at radius 2 is 1.86 bits per heavy atom. The largest absolute Gasteiger partial charge is 0.390 e.